The third kappa shape index (κ3) is 4.63. The van der Waals surface area contributed by atoms with Gasteiger partial charge in [0.05, 0.1) is 6.54 Å². The quantitative estimate of drug-likeness (QED) is 0.840. The molecule has 0 atom stereocenters. The van der Waals surface area contributed by atoms with E-state index < -0.39 is 0 Å². The molecule has 0 spiro atoms. The minimum absolute atomic E-state index is 0.0286. The van der Waals surface area contributed by atoms with Crippen molar-refractivity contribution in [3.8, 4) is 11.5 Å². The lowest BCUT2D eigenvalue weighted by atomic mass is 10.2. The van der Waals surface area contributed by atoms with Crippen molar-refractivity contribution < 1.29 is 19.1 Å². The summed E-state index contributed by atoms with van der Waals surface area (Å²) in [5.74, 6) is 0.860. The Hall–Kier alpha value is -3.28. The molecule has 1 aliphatic heterocycles. The number of anilines is 1. The maximum absolute atomic E-state index is 12.2. The summed E-state index contributed by atoms with van der Waals surface area (Å²) in [4.78, 5) is 25.6. The number of para-hydroxylation sites is 1. The van der Waals surface area contributed by atoms with Crippen LogP contribution in [0.1, 0.15) is 5.56 Å². The second-order valence-electron chi connectivity index (χ2n) is 5.84. The normalized spacial score (nSPS) is 12.7. The monoisotopic (exact) mass is 352 g/mol. The Morgan fingerprint density at radius 1 is 1.08 bits per heavy atom. The minimum atomic E-state index is -0.261. The molecule has 1 heterocycles. The van der Waals surface area contributed by atoms with Crippen molar-refractivity contribution in [3.05, 3.63) is 60.2 Å². The maximum Gasteiger partial charge on any atom is 0.246 e. The summed E-state index contributed by atoms with van der Waals surface area (Å²) in [6.45, 7) is 1.02. The zero-order valence-corrected chi connectivity index (χ0v) is 14.5. The van der Waals surface area contributed by atoms with E-state index in [9.17, 15) is 9.59 Å². The van der Waals surface area contributed by atoms with Gasteiger partial charge in [-0.3, -0.25) is 9.59 Å². The number of fused-ring (bicyclic) bond motifs is 1. The van der Waals surface area contributed by atoms with Crippen LogP contribution in [0, 0.1) is 0 Å². The number of hydrogen-bond acceptors (Lipinski definition) is 4. The molecule has 26 heavy (non-hydrogen) atoms. The minimum Gasteiger partial charge on any atom is -0.486 e. The zero-order chi connectivity index (χ0) is 18.4. The highest BCUT2D eigenvalue weighted by atomic mass is 16.6. The van der Waals surface area contributed by atoms with Gasteiger partial charge >= 0.3 is 0 Å². The number of likely N-dealkylation sites (N-methyl/N-ethyl adjacent to an activating group) is 1. The van der Waals surface area contributed by atoms with Crippen LogP contribution >= 0.6 is 0 Å². The smallest absolute Gasteiger partial charge is 0.246 e. The fourth-order valence-corrected chi connectivity index (χ4v) is 2.47. The molecule has 2 aromatic rings. The van der Waals surface area contributed by atoms with Gasteiger partial charge in [0.2, 0.25) is 11.8 Å². The average Bonchev–Trinajstić information content (AvgIpc) is 2.66. The molecule has 134 valence electrons. The Morgan fingerprint density at radius 2 is 1.81 bits per heavy atom. The van der Waals surface area contributed by atoms with Crippen LogP contribution in [0.2, 0.25) is 0 Å². The van der Waals surface area contributed by atoms with Gasteiger partial charge in [-0.2, -0.15) is 0 Å². The second kappa shape index (κ2) is 8.20. The van der Waals surface area contributed by atoms with Crippen molar-refractivity contribution >= 4 is 23.6 Å². The van der Waals surface area contributed by atoms with Crippen molar-refractivity contribution in [1.82, 2.24) is 4.90 Å². The first-order valence-electron chi connectivity index (χ1n) is 8.29. The van der Waals surface area contributed by atoms with Gasteiger partial charge in [-0.25, -0.2) is 0 Å². The van der Waals surface area contributed by atoms with E-state index in [0.717, 1.165) is 5.56 Å². The molecule has 3 rings (SSSR count). The third-order valence-corrected chi connectivity index (χ3v) is 3.80. The van der Waals surface area contributed by atoms with E-state index in [-0.39, 0.29) is 18.4 Å². The lowest BCUT2D eigenvalue weighted by Crippen LogP contribution is -2.33. The molecule has 6 heteroatoms. The lowest BCUT2D eigenvalue weighted by Gasteiger charge is -2.18. The standard InChI is InChI=1S/C20H20N2O4/c1-22(14-19(23)21-16-5-3-2-4-6-16)20(24)10-8-15-7-9-17-18(13-15)26-12-11-25-17/h2-10,13H,11-12,14H2,1H3,(H,21,23)/b10-8+. The Morgan fingerprint density at radius 3 is 2.58 bits per heavy atom. The first-order chi connectivity index (χ1) is 12.6. The van der Waals surface area contributed by atoms with E-state index in [2.05, 4.69) is 5.32 Å². The van der Waals surface area contributed by atoms with Crippen LogP contribution in [-0.2, 0) is 9.59 Å². The van der Waals surface area contributed by atoms with Gasteiger partial charge in [0.25, 0.3) is 0 Å². The topological polar surface area (TPSA) is 67.9 Å². The third-order valence-electron chi connectivity index (χ3n) is 3.80. The molecule has 0 radical (unpaired) electrons. The molecule has 1 N–H and O–H groups in total. The molecule has 2 aromatic carbocycles. The summed E-state index contributed by atoms with van der Waals surface area (Å²) in [5, 5.41) is 2.75. The van der Waals surface area contributed by atoms with Gasteiger partial charge < -0.3 is 19.7 Å². The van der Waals surface area contributed by atoms with Gasteiger partial charge in [-0.05, 0) is 35.9 Å². The molecule has 0 fully saturated rings. The van der Waals surface area contributed by atoms with Crippen LogP contribution in [0.25, 0.3) is 6.08 Å². The number of carbonyl (C=O) groups excluding carboxylic acids is 2. The maximum atomic E-state index is 12.2. The van der Waals surface area contributed by atoms with Crippen molar-refractivity contribution in [2.75, 3.05) is 32.1 Å². The van der Waals surface area contributed by atoms with Gasteiger partial charge in [0.1, 0.15) is 13.2 Å². The van der Waals surface area contributed by atoms with Crippen molar-refractivity contribution in [3.63, 3.8) is 0 Å². The highest BCUT2D eigenvalue weighted by Gasteiger charge is 2.12. The van der Waals surface area contributed by atoms with Crippen LogP contribution in [-0.4, -0.2) is 43.5 Å². The number of benzene rings is 2. The molecule has 0 saturated carbocycles. The van der Waals surface area contributed by atoms with E-state index in [0.29, 0.717) is 30.4 Å². The van der Waals surface area contributed by atoms with Crippen molar-refractivity contribution in [2.45, 2.75) is 0 Å². The zero-order valence-electron chi connectivity index (χ0n) is 14.5. The molecule has 1 aliphatic rings. The van der Waals surface area contributed by atoms with E-state index in [1.807, 2.05) is 36.4 Å². The molecule has 0 aliphatic carbocycles. The Labute approximate surface area is 152 Å². The predicted octanol–water partition coefficient (Wildman–Crippen LogP) is 2.57. The Bertz CT molecular complexity index is 818. The number of rotatable bonds is 5. The molecule has 0 aromatic heterocycles. The van der Waals surface area contributed by atoms with Crippen molar-refractivity contribution in [1.29, 1.82) is 0 Å². The van der Waals surface area contributed by atoms with E-state index in [1.165, 1.54) is 11.0 Å². The molecular formula is C20H20N2O4. The van der Waals surface area contributed by atoms with Gasteiger partial charge in [0, 0.05) is 18.8 Å². The summed E-state index contributed by atoms with van der Waals surface area (Å²) < 4.78 is 11.0. The van der Waals surface area contributed by atoms with Crippen LogP contribution in [0.4, 0.5) is 5.69 Å². The van der Waals surface area contributed by atoms with Crippen molar-refractivity contribution in [2.24, 2.45) is 0 Å². The Kier molecular flexibility index (Phi) is 5.53. The largest absolute Gasteiger partial charge is 0.486 e. The molecule has 0 unspecified atom stereocenters. The molecular weight excluding hydrogens is 332 g/mol. The van der Waals surface area contributed by atoms with Crippen LogP contribution in [0.5, 0.6) is 11.5 Å². The number of carbonyl (C=O) groups is 2. The lowest BCUT2D eigenvalue weighted by molar-refractivity contribution is -0.129. The fraction of sp³-hybridized carbons (Fsp3) is 0.200. The first-order valence-corrected chi connectivity index (χ1v) is 8.29. The summed E-state index contributed by atoms with van der Waals surface area (Å²) in [6, 6.07) is 14.6. The number of ether oxygens (including phenoxy) is 2. The van der Waals surface area contributed by atoms with Gasteiger partial charge in [-0.15, -0.1) is 0 Å². The van der Waals surface area contributed by atoms with Crippen LogP contribution in [0.3, 0.4) is 0 Å². The number of nitrogens with zero attached hydrogens (tertiary/aromatic N) is 1. The molecule has 2 amide bonds. The van der Waals surface area contributed by atoms with E-state index in [4.69, 9.17) is 9.47 Å². The van der Waals surface area contributed by atoms with E-state index in [1.54, 1.807) is 25.3 Å². The molecule has 0 saturated heterocycles. The van der Waals surface area contributed by atoms with Crippen LogP contribution in [0.15, 0.2) is 54.6 Å². The highest BCUT2D eigenvalue weighted by Crippen LogP contribution is 2.31. The van der Waals surface area contributed by atoms with Crippen LogP contribution < -0.4 is 14.8 Å². The van der Waals surface area contributed by atoms with Gasteiger partial charge in [0.15, 0.2) is 11.5 Å². The number of amides is 2. The number of nitrogens with one attached hydrogen (secondary N) is 1. The van der Waals surface area contributed by atoms with Gasteiger partial charge in [-0.1, -0.05) is 24.3 Å². The predicted molar refractivity (Wildman–Crippen MR) is 99.2 cm³/mol. The first kappa shape index (κ1) is 17.5. The summed E-state index contributed by atoms with van der Waals surface area (Å²) >= 11 is 0. The summed E-state index contributed by atoms with van der Waals surface area (Å²) in [6.07, 6.45) is 3.12. The van der Waals surface area contributed by atoms with E-state index >= 15 is 0 Å². The fourth-order valence-electron chi connectivity index (χ4n) is 2.47. The summed E-state index contributed by atoms with van der Waals surface area (Å²) in [7, 11) is 1.58. The SMILES string of the molecule is CN(CC(=O)Nc1ccccc1)C(=O)/C=C/c1ccc2c(c1)OCCO2. The average molecular weight is 352 g/mol. The highest BCUT2D eigenvalue weighted by molar-refractivity contribution is 5.97. The Balaban J connectivity index is 1.55. The summed E-state index contributed by atoms with van der Waals surface area (Å²) in [5.41, 5.74) is 1.52. The second-order valence-corrected chi connectivity index (χ2v) is 5.84. The molecule has 0 bridgehead atoms. The molecule has 6 nitrogen and oxygen atoms in total. The number of hydrogen-bond donors (Lipinski definition) is 1.